The number of hydrogen-bond donors (Lipinski definition) is 1. The first-order valence-electron chi connectivity index (χ1n) is 14.9. The van der Waals surface area contributed by atoms with Gasteiger partial charge in [-0.25, -0.2) is 0 Å². The van der Waals surface area contributed by atoms with E-state index in [2.05, 4.69) is 19.2 Å². The van der Waals surface area contributed by atoms with Gasteiger partial charge in [0.1, 0.15) is 5.60 Å². The molecule has 224 valence electrons. The summed E-state index contributed by atoms with van der Waals surface area (Å²) in [5.41, 5.74) is -2.48. The van der Waals surface area contributed by atoms with Gasteiger partial charge in [0.05, 0.1) is 0 Å². The summed E-state index contributed by atoms with van der Waals surface area (Å²) in [7, 11) is 1.83. The van der Waals surface area contributed by atoms with E-state index in [-0.39, 0.29) is 30.1 Å². The second kappa shape index (κ2) is 8.16. The fourth-order valence-corrected chi connectivity index (χ4v) is 12.6. The molecule has 2 bridgehead atoms. The molecule has 0 aromatic heterocycles. The first-order chi connectivity index (χ1) is 20.3. The molecule has 2 unspecified atom stereocenters. The molecule has 2 aromatic rings. The van der Waals surface area contributed by atoms with E-state index in [0.29, 0.717) is 41.0 Å². The summed E-state index contributed by atoms with van der Waals surface area (Å²) in [6.07, 6.45) is 4.51. The predicted octanol–water partition coefficient (Wildman–Crippen LogP) is 3.27. The van der Waals surface area contributed by atoms with E-state index in [1.807, 2.05) is 74.3 Å². The van der Waals surface area contributed by atoms with Crippen molar-refractivity contribution in [2.24, 2.45) is 11.3 Å². The van der Waals surface area contributed by atoms with Gasteiger partial charge in [-0.2, -0.15) is 0 Å². The summed E-state index contributed by atoms with van der Waals surface area (Å²) in [6, 6.07) is 13.0. The van der Waals surface area contributed by atoms with Crippen molar-refractivity contribution in [1.29, 1.82) is 0 Å². The van der Waals surface area contributed by atoms with Crippen LogP contribution in [0.15, 0.2) is 54.8 Å². The van der Waals surface area contributed by atoms with Gasteiger partial charge in [-0.3, -0.25) is 0 Å². The maximum atomic E-state index is 14.3. The number of benzene rings is 2. The van der Waals surface area contributed by atoms with Crippen molar-refractivity contribution in [3.63, 3.8) is 0 Å². The van der Waals surface area contributed by atoms with E-state index in [9.17, 15) is 18.2 Å². The number of ether oxygens (including phenoxy) is 2. The number of hydrogen-bond acceptors (Lipinski definition) is 6. The first kappa shape index (κ1) is 27.1. The van der Waals surface area contributed by atoms with Crippen molar-refractivity contribution >= 4 is 41.7 Å². The molecule has 6 heterocycles. The third kappa shape index (κ3) is 3.06. The standard InChI is InChI=1S/C33H35N3O6Se/c1-29(2)13-14-41-25-21(42-29)12-11-20-24(25)34-27(38)33(20)17-32-18-36-26(37)22(43(40)19-9-7-6-8-10-19)15-31(36,28(39)35(32)5)16-23(32)30(33,3)4/h6-14,22-23H,15-18H2,1-5H3,(H,34,38)/t22?,23-,31-,32+,33+,43?/m0/s1. The minimum absolute atomic E-state index is 0.0705. The Morgan fingerprint density at radius 3 is 2.49 bits per heavy atom. The quantitative estimate of drug-likeness (QED) is 0.502. The molecule has 1 N–H and O–H groups in total. The van der Waals surface area contributed by atoms with Crippen molar-refractivity contribution in [2.45, 2.75) is 73.9 Å². The Bertz CT molecular complexity index is 1700. The first-order valence-corrected chi connectivity index (χ1v) is 17.4. The van der Waals surface area contributed by atoms with Gasteiger partial charge in [0.2, 0.25) is 0 Å². The zero-order valence-corrected chi connectivity index (χ0v) is 26.6. The third-order valence-corrected chi connectivity index (χ3v) is 15.0. The molecule has 10 heteroatoms. The number of rotatable bonds is 2. The normalized spacial score (nSPS) is 36.3. The minimum atomic E-state index is -2.75. The number of piperidine rings is 2. The fraction of sp³-hybridized carbons (Fsp3) is 0.485. The molecule has 9 rings (SSSR count). The van der Waals surface area contributed by atoms with Crippen LogP contribution in [-0.2, 0) is 23.6 Å². The number of nitrogens with one attached hydrogen (secondary N) is 1. The predicted molar refractivity (Wildman–Crippen MR) is 159 cm³/mol. The number of likely N-dealkylation sites (N-methyl/N-ethyl adjacent to an activating group) is 1. The summed E-state index contributed by atoms with van der Waals surface area (Å²) >= 11 is -2.75. The molecular formula is C33H35N3O6Se. The number of carbonyl (C=O) groups excluding carboxylic acids is 3. The molecule has 1 aliphatic carbocycles. The second-order valence-corrected chi connectivity index (χ2v) is 17.6. The van der Waals surface area contributed by atoms with Crippen LogP contribution in [0.5, 0.6) is 11.5 Å². The summed E-state index contributed by atoms with van der Waals surface area (Å²) in [6.45, 7) is 8.48. The Hall–Kier alpha value is -3.49. The molecule has 2 aromatic carbocycles. The number of piperazine rings is 1. The summed E-state index contributed by atoms with van der Waals surface area (Å²) < 4.78 is 26.7. The number of amides is 3. The van der Waals surface area contributed by atoms with Crippen LogP contribution in [0.25, 0.3) is 0 Å². The molecule has 4 saturated heterocycles. The van der Waals surface area contributed by atoms with Gasteiger partial charge < -0.3 is 0 Å². The van der Waals surface area contributed by atoms with Crippen LogP contribution in [0, 0.1) is 11.3 Å². The van der Waals surface area contributed by atoms with Gasteiger partial charge >= 0.3 is 230 Å². The van der Waals surface area contributed by atoms with Crippen molar-refractivity contribution in [3.05, 3.63) is 60.4 Å². The van der Waals surface area contributed by atoms with Crippen LogP contribution in [0.4, 0.5) is 5.69 Å². The molecule has 1 saturated carbocycles. The van der Waals surface area contributed by atoms with E-state index in [4.69, 9.17) is 9.47 Å². The number of carbonyl (C=O) groups is 3. The molecule has 43 heavy (non-hydrogen) atoms. The molecule has 9 nitrogen and oxygen atoms in total. The fourth-order valence-electron chi connectivity index (χ4n) is 9.44. The van der Waals surface area contributed by atoms with Gasteiger partial charge in [0, 0.05) is 0 Å². The molecule has 6 aliphatic heterocycles. The van der Waals surface area contributed by atoms with Crippen molar-refractivity contribution in [2.75, 3.05) is 18.9 Å². The Kier molecular flexibility index (Phi) is 5.14. The zero-order valence-electron chi connectivity index (χ0n) is 24.9. The van der Waals surface area contributed by atoms with Crippen LogP contribution in [-0.4, -0.2) is 71.6 Å². The average molecular weight is 649 g/mol. The summed E-state index contributed by atoms with van der Waals surface area (Å²) in [5.74, 6) is 0.543. The van der Waals surface area contributed by atoms with E-state index in [0.717, 1.165) is 5.56 Å². The molecule has 7 aliphatic rings. The van der Waals surface area contributed by atoms with Crippen LogP contribution >= 0.6 is 0 Å². The van der Waals surface area contributed by atoms with Gasteiger partial charge in [-0.15, -0.1) is 0 Å². The Morgan fingerprint density at radius 2 is 1.74 bits per heavy atom. The molecule has 3 spiro atoms. The SMILES string of the molecule is CN1C(=O)[C@@]23CC([Se](=O)c4ccccc4)C(=O)N2C[C@@]12C[C@@]1(C(=O)Nc4c1ccc1c4OC=CC(C)(C)O1)C(C)(C)[C@@H]2C3. The van der Waals surface area contributed by atoms with Crippen LogP contribution in [0.3, 0.4) is 0 Å². The third-order valence-electron chi connectivity index (χ3n) is 11.6. The van der Waals surface area contributed by atoms with Crippen molar-refractivity contribution < 1.29 is 27.7 Å². The molecule has 6 atom stereocenters. The van der Waals surface area contributed by atoms with Gasteiger partial charge in [-0.05, 0) is 19.9 Å². The topological polar surface area (TPSA) is 105 Å². The monoisotopic (exact) mass is 649 g/mol. The Labute approximate surface area is 254 Å². The molecule has 5 fully saturated rings. The van der Waals surface area contributed by atoms with Crippen molar-refractivity contribution in [1.82, 2.24) is 9.80 Å². The molecular weight excluding hydrogens is 613 g/mol. The van der Waals surface area contributed by atoms with E-state index in [1.54, 1.807) is 11.2 Å². The maximum absolute atomic E-state index is 14.3. The van der Waals surface area contributed by atoms with E-state index >= 15 is 0 Å². The summed E-state index contributed by atoms with van der Waals surface area (Å²) in [4.78, 5) is 45.6. The van der Waals surface area contributed by atoms with Gasteiger partial charge in [0.15, 0.2) is 0 Å². The number of anilines is 1. The number of fused-ring (bicyclic) bond motifs is 5. The average Bonchev–Trinajstić information content (AvgIpc) is 3.45. The van der Waals surface area contributed by atoms with Gasteiger partial charge in [0.25, 0.3) is 0 Å². The van der Waals surface area contributed by atoms with Crippen LogP contribution < -0.4 is 19.3 Å². The van der Waals surface area contributed by atoms with E-state index in [1.165, 1.54) is 0 Å². The van der Waals surface area contributed by atoms with Crippen LogP contribution in [0.2, 0.25) is 4.82 Å². The second-order valence-electron chi connectivity index (χ2n) is 14.2. The van der Waals surface area contributed by atoms with Crippen molar-refractivity contribution in [3.8, 4) is 11.5 Å². The summed E-state index contributed by atoms with van der Waals surface area (Å²) in [5, 5.41) is 3.16. The Morgan fingerprint density at radius 1 is 1.00 bits per heavy atom. The van der Waals surface area contributed by atoms with Crippen LogP contribution in [0.1, 0.15) is 52.5 Å². The van der Waals surface area contributed by atoms with Gasteiger partial charge in [-0.1, -0.05) is 0 Å². The zero-order chi connectivity index (χ0) is 30.3. The molecule has 0 radical (unpaired) electrons. The van der Waals surface area contributed by atoms with E-state index < -0.39 is 46.2 Å². The molecule has 3 amide bonds. The Balaban J connectivity index is 1.23. The number of nitrogens with zero attached hydrogens (tertiary/aromatic N) is 2.